The smallest absolute Gasteiger partial charge is 0.143 e. The number of anilines is 1. The van der Waals surface area contributed by atoms with Gasteiger partial charge in [0.15, 0.2) is 0 Å². The summed E-state index contributed by atoms with van der Waals surface area (Å²) < 4.78 is 6.44. The molecule has 0 saturated heterocycles. The van der Waals surface area contributed by atoms with Crippen LogP contribution in [-0.4, -0.2) is 0 Å². The van der Waals surface area contributed by atoms with Crippen molar-refractivity contribution < 1.29 is 4.74 Å². The van der Waals surface area contributed by atoms with Gasteiger partial charge in [0.2, 0.25) is 0 Å². The van der Waals surface area contributed by atoms with Crippen LogP contribution in [0.2, 0.25) is 0 Å². The first-order valence-corrected chi connectivity index (χ1v) is 16.4. The van der Waals surface area contributed by atoms with Crippen LogP contribution in [0.1, 0.15) is 11.1 Å². The van der Waals surface area contributed by atoms with Crippen molar-refractivity contribution >= 4 is 27.2 Å². The summed E-state index contributed by atoms with van der Waals surface area (Å²) in [5.41, 5.74) is 17.6. The predicted octanol–water partition coefficient (Wildman–Crippen LogP) is 11.7. The van der Waals surface area contributed by atoms with E-state index in [0.717, 1.165) is 38.9 Å². The van der Waals surface area contributed by atoms with Crippen LogP contribution < -0.4 is 10.5 Å². The molecule has 49 heavy (non-hydrogen) atoms. The molecule has 0 saturated carbocycles. The Bertz CT molecular complexity index is 2480. The topological polar surface area (TPSA) is 59.0 Å². The third kappa shape index (κ3) is 5.89. The van der Waals surface area contributed by atoms with E-state index >= 15 is 0 Å². The van der Waals surface area contributed by atoms with E-state index in [0.29, 0.717) is 23.6 Å². The lowest BCUT2D eigenvalue weighted by Gasteiger charge is -2.17. The van der Waals surface area contributed by atoms with Gasteiger partial charge in [-0.05, 0) is 96.4 Å². The van der Waals surface area contributed by atoms with Gasteiger partial charge in [-0.15, -0.1) is 0 Å². The zero-order chi connectivity index (χ0) is 33.2. The molecule has 2 N–H and O–H groups in total. The van der Waals surface area contributed by atoms with Gasteiger partial charge in [-0.1, -0.05) is 140 Å². The largest absolute Gasteiger partial charge is 0.487 e. The number of nitrogens with two attached hydrogens (primary N) is 1. The van der Waals surface area contributed by atoms with E-state index in [9.17, 15) is 5.26 Å². The first kappa shape index (κ1) is 29.8. The first-order chi connectivity index (χ1) is 24.1. The molecule has 0 aliphatic rings. The van der Waals surface area contributed by atoms with Crippen molar-refractivity contribution in [1.82, 2.24) is 0 Å². The monoisotopic (exact) mass is 628 g/mol. The van der Waals surface area contributed by atoms with Crippen LogP contribution >= 0.6 is 0 Å². The van der Waals surface area contributed by atoms with E-state index in [2.05, 4.69) is 127 Å². The molecule has 3 heteroatoms. The minimum absolute atomic E-state index is 0.378. The number of hydrogen-bond acceptors (Lipinski definition) is 3. The third-order valence-corrected chi connectivity index (χ3v) is 9.22. The maximum Gasteiger partial charge on any atom is 0.143 e. The average Bonchev–Trinajstić information content (AvgIpc) is 3.18. The summed E-state index contributed by atoms with van der Waals surface area (Å²) in [7, 11) is 0. The number of hydrogen-bond donors (Lipinski definition) is 1. The Morgan fingerprint density at radius 2 is 1.02 bits per heavy atom. The molecule has 0 spiro atoms. The summed E-state index contributed by atoms with van der Waals surface area (Å²) in [6.07, 6.45) is 0. The second kappa shape index (κ2) is 12.9. The highest BCUT2D eigenvalue weighted by Crippen LogP contribution is 2.40. The number of nitrogen functional groups attached to an aromatic ring is 1. The molecular weight excluding hydrogens is 597 g/mol. The summed E-state index contributed by atoms with van der Waals surface area (Å²) in [5, 5.41) is 14.3. The van der Waals surface area contributed by atoms with Crippen LogP contribution in [0.25, 0.3) is 66.1 Å². The minimum Gasteiger partial charge on any atom is -0.487 e. The number of nitrogens with zero attached hydrogens (tertiary/aromatic N) is 1. The number of benzene rings is 8. The summed E-state index contributed by atoms with van der Waals surface area (Å²) in [4.78, 5) is 0. The van der Waals surface area contributed by atoms with Crippen molar-refractivity contribution in [3.63, 3.8) is 0 Å². The van der Waals surface area contributed by atoms with E-state index in [-0.39, 0.29) is 0 Å². The molecule has 0 unspecified atom stereocenters. The van der Waals surface area contributed by atoms with Gasteiger partial charge >= 0.3 is 0 Å². The average molecular weight is 629 g/mol. The highest BCUT2D eigenvalue weighted by Gasteiger charge is 2.15. The predicted molar refractivity (Wildman–Crippen MR) is 203 cm³/mol. The molecule has 8 aromatic rings. The van der Waals surface area contributed by atoms with E-state index in [1.54, 1.807) is 0 Å². The fraction of sp³-hybridized carbons (Fsp3) is 0.0217. The Hall–Kier alpha value is -6.63. The van der Waals surface area contributed by atoms with Gasteiger partial charge in [0.05, 0.1) is 17.3 Å². The van der Waals surface area contributed by atoms with Gasteiger partial charge < -0.3 is 10.5 Å². The minimum atomic E-state index is 0.378. The van der Waals surface area contributed by atoms with E-state index < -0.39 is 0 Å². The normalized spacial score (nSPS) is 11.0. The molecule has 3 nitrogen and oxygen atoms in total. The molecular formula is C46H32N2O. The molecule has 0 radical (unpaired) electrons. The maximum absolute atomic E-state index is 9.37. The Balaban J connectivity index is 1.15. The number of rotatable bonds is 7. The molecule has 0 fully saturated rings. The van der Waals surface area contributed by atoms with E-state index in [4.69, 9.17) is 10.5 Å². The standard InChI is InChI=1S/C46H32N2O/c47-29-31-14-20-37(21-15-31)44-27-39(28-45(46(44)48)49-30-32-16-18-34(19-17-32)33-8-2-1-3-9-33)35-22-24-36(25-23-35)43-26-38-10-4-5-11-40(38)41-12-6-7-13-42(41)43/h1-28H,30,48H2. The molecule has 8 rings (SSSR count). The Morgan fingerprint density at radius 3 is 1.76 bits per heavy atom. The van der Waals surface area contributed by atoms with Gasteiger partial charge in [-0.25, -0.2) is 0 Å². The second-order valence-electron chi connectivity index (χ2n) is 12.2. The van der Waals surface area contributed by atoms with Crippen LogP contribution in [0.3, 0.4) is 0 Å². The van der Waals surface area contributed by atoms with Gasteiger partial charge in [0, 0.05) is 5.56 Å². The Labute approximate surface area is 286 Å². The number of ether oxygens (including phenoxy) is 1. The van der Waals surface area contributed by atoms with Crippen LogP contribution in [0.15, 0.2) is 170 Å². The fourth-order valence-electron chi connectivity index (χ4n) is 6.60. The van der Waals surface area contributed by atoms with Gasteiger partial charge in [-0.3, -0.25) is 0 Å². The van der Waals surface area contributed by atoms with Crippen LogP contribution in [0, 0.1) is 11.3 Å². The van der Waals surface area contributed by atoms with E-state index in [1.807, 2.05) is 48.5 Å². The van der Waals surface area contributed by atoms with Gasteiger partial charge in [0.1, 0.15) is 12.4 Å². The van der Waals surface area contributed by atoms with Crippen molar-refractivity contribution in [2.75, 3.05) is 5.73 Å². The molecule has 0 amide bonds. The second-order valence-corrected chi connectivity index (χ2v) is 12.2. The molecule has 0 atom stereocenters. The summed E-state index contributed by atoms with van der Waals surface area (Å²) in [6, 6.07) is 60.8. The Kier molecular flexibility index (Phi) is 7.82. The van der Waals surface area contributed by atoms with Crippen molar-refractivity contribution in [2.45, 2.75) is 6.61 Å². The van der Waals surface area contributed by atoms with Crippen molar-refractivity contribution in [1.29, 1.82) is 5.26 Å². The lowest BCUT2D eigenvalue weighted by molar-refractivity contribution is 0.308. The molecule has 0 aromatic heterocycles. The maximum atomic E-state index is 9.37. The van der Waals surface area contributed by atoms with Gasteiger partial charge in [-0.2, -0.15) is 5.26 Å². The quantitative estimate of drug-likeness (QED) is 0.141. The van der Waals surface area contributed by atoms with Crippen molar-refractivity contribution in [2.24, 2.45) is 0 Å². The first-order valence-electron chi connectivity index (χ1n) is 16.4. The molecule has 0 aliphatic carbocycles. The lowest BCUT2D eigenvalue weighted by atomic mass is 9.92. The molecule has 0 heterocycles. The molecule has 232 valence electrons. The number of fused-ring (bicyclic) bond motifs is 3. The molecule has 8 aromatic carbocycles. The van der Waals surface area contributed by atoms with Crippen LogP contribution in [-0.2, 0) is 6.61 Å². The van der Waals surface area contributed by atoms with Crippen LogP contribution in [0.4, 0.5) is 5.69 Å². The van der Waals surface area contributed by atoms with Gasteiger partial charge in [0.25, 0.3) is 0 Å². The Morgan fingerprint density at radius 1 is 0.469 bits per heavy atom. The summed E-state index contributed by atoms with van der Waals surface area (Å²) >= 11 is 0. The SMILES string of the molecule is N#Cc1ccc(-c2cc(-c3ccc(-c4cc5ccccc5c5ccccc45)cc3)cc(OCc3ccc(-c4ccccc4)cc3)c2N)cc1. The lowest BCUT2D eigenvalue weighted by Crippen LogP contribution is -2.01. The van der Waals surface area contributed by atoms with Crippen molar-refractivity contribution in [3.05, 3.63) is 181 Å². The summed E-state index contributed by atoms with van der Waals surface area (Å²) in [6.45, 7) is 0.378. The third-order valence-electron chi connectivity index (χ3n) is 9.22. The summed E-state index contributed by atoms with van der Waals surface area (Å²) in [5.74, 6) is 0.619. The zero-order valence-electron chi connectivity index (χ0n) is 26.8. The fourth-order valence-corrected chi connectivity index (χ4v) is 6.60. The highest BCUT2D eigenvalue weighted by molar-refractivity contribution is 6.13. The molecule has 0 aliphatic heterocycles. The van der Waals surface area contributed by atoms with Crippen molar-refractivity contribution in [3.8, 4) is 56.3 Å². The zero-order valence-corrected chi connectivity index (χ0v) is 26.8. The van der Waals surface area contributed by atoms with Crippen LogP contribution in [0.5, 0.6) is 5.75 Å². The number of nitriles is 1. The highest BCUT2D eigenvalue weighted by atomic mass is 16.5. The molecule has 0 bridgehead atoms. The van der Waals surface area contributed by atoms with E-state index in [1.165, 1.54) is 32.7 Å².